The molecule has 0 spiro atoms. The molecule has 8 aromatic rings. The van der Waals surface area contributed by atoms with Crippen molar-refractivity contribution in [3.8, 4) is 20.9 Å². The van der Waals surface area contributed by atoms with Crippen molar-refractivity contribution in [1.29, 1.82) is 0 Å². The van der Waals surface area contributed by atoms with Crippen LogP contribution in [0.4, 0.5) is 0 Å². The third-order valence-electron chi connectivity index (χ3n) is 7.28. The van der Waals surface area contributed by atoms with Crippen LogP contribution in [0.25, 0.3) is 64.0 Å². The molecule has 0 amide bonds. The van der Waals surface area contributed by atoms with Crippen LogP contribution < -0.4 is 24.8 Å². The molecule has 0 nitrogen and oxygen atoms in total. The van der Waals surface area contributed by atoms with E-state index in [1.54, 1.807) is 0 Å². The van der Waals surface area contributed by atoms with Crippen LogP contribution in [0.15, 0.2) is 121 Å². The van der Waals surface area contributed by atoms with E-state index in [-0.39, 0.29) is 50.7 Å². The molecule has 41 heavy (non-hydrogen) atoms. The van der Waals surface area contributed by atoms with E-state index < -0.39 is 0 Å². The molecule has 0 radical (unpaired) electrons. The molecule has 0 aliphatic rings. The Kier molecular flexibility index (Phi) is 10.1. The monoisotopic (exact) mass is 772 g/mol. The Hall–Kier alpha value is -2.53. The average Bonchev–Trinajstić information content (AvgIpc) is 3.74. The molecule has 0 N–H and O–H groups in total. The fraction of sp³-hybridized carbons (Fsp3) is 0.0556. The van der Waals surface area contributed by atoms with Gasteiger partial charge in [0.2, 0.25) is 0 Å². The number of fused-ring (bicyclic) bond motifs is 6. The van der Waals surface area contributed by atoms with E-state index in [4.69, 9.17) is 0 Å². The van der Waals surface area contributed by atoms with Crippen molar-refractivity contribution in [3.63, 3.8) is 0 Å². The van der Waals surface area contributed by atoms with Crippen LogP contribution in [0.2, 0.25) is 0 Å². The SMILES string of the molecule is Cc1ccc(-c2cc3c(ccc4ccccc43)[cH-]2)s1.Cc1ccc(-c2cc3c(ccc4ccccc43)[cH-]2)s1.[Cl-].[Cl-].[Hf+4]. The van der Waals surface area contributed by atoms with E-state index in [0.29, 0.717) is 0 Å². The first-order chi connectivity index (χ1) is 18.6. The van der Waals surface area contributed by atoms with Crippen molar-refractivity contribution in [3.05, 3.63) is 131 Å². The second-order valence-electron chi connectivity index (χ2n) is 9.89. The smallest absolute Gasteiger partial charge is 1.00 e. The molecule has 2 heterocycles. The van der Waals surface area contributed by atoms with Gasteiger partial charge in [-0.15, -0.1) is 69.1 Å². The van der Waals surface area contributed by atoms with Crippen LogP contribution in [-0.4, -0.2) is 0 Å². The van der Waals surface area contributed by atoms with Crippen LogP contribution >= 0.6 is 22.7 Å². The number of hydrogen-bond donors (Lipinski definition) is 0. The van der Waals surface area contributed by atoms with Gasteiger partial charge in [0, 0.05) is 0 Å². The molecule has 2 aromatic heterocycles. The molecular weight excluding hydrogens is 746 g/mol. The topological polar surface area (TPSA) is 0 Å². The zero-order chi connectivity index (χ0) is 25.6. The zero-order valence-corrected chi connectivity index (χ0v) is 29.4. The molecule has 0 fully saturated rings. The van der Waals surface area contributed by atoms with Gasteiger partial charge in [-0.05, 0) is 44.1 Å². The van der Waals surface area contributed by atoms with Crippen molar-refractivity contribution in [2.24, 2.45) is 0 Å². The molecular formula is C36H26Cl2HfS2. The van der Waals surface area contributed by atoms with Gasteiger partial charge < -0.3 is 24.8 Å². The molecule has 6 aromatic carbocycles. The van der Waals surface area contributed by atoms with E-state index in [1.165, 1.54) is 73.7 Å². The number of benzene rings is 4. The first-order valence-electron chi connectivity index (χ1n) is 12.9. The molecule has 0 atom stereocenters. The Bertz CT molecular complexity index is 1920. The molecule has 5 heteroatoms. The van der Waals surface area contributed by atoms with Crippen molar-refractivity contribution in [2.75, 3.05) is 0 Å². The fourth-order valence-electron chi connectivity index (χ4n) is 5.39. The molecule has 0 saturated heterocycles. The summed E-state index contributed by atoms with van der Waals surface area (Å²) >= 11 is 3.72. The number of aryl methyl sites for hydroxylation is 2. The molecule has 200 valence electrons. The molecule has 0 bridgehead atoms. The van der Waals surface area contributed by atoms with Gasteiger partial charge >= 0.3 is 25.8 Å². The summed E-state index contributed by atoms with van der Waals surface area (Å²) in [7, 11) is 0. The van der Waals surface area contributed by atoms with Gasteiger partial charge in [-0.1, -0.05) is 95.7 Å². The number of thiophene rings is 2. The Balaban J connectivity index is 0.000000176. The van der Waals surface area contributed by atoms with Gasteiger partial charge in [0.25, 0.3) is 0 Å². The minimum absolute atomic E-state index is 0. The maximum Gasteiger partial charge on any atom is 4.00 e. The summed E-state index contributed by atoms with van der Waals surface area (Å²) in [5.41, 5.74) is 2.67. The minimum atomic E-state index is 0. The van der Waals surface area contributed by atoms with Crippen LogP contribution in [-0.2, 0) is 25.8 Å². The van der Waals surface area contributed by atoms with E-state index in [9.17, 15) is 0 Å². The standard InChI is InChI=1S/2C18H13S.2ClH.Hf/c2*1-12-6-9-18(19-12)15-10-14-8-7-13-4-2-3-5-16(13)17(14)11-15;;;/h2*2-11H,1H3;2*1H;/q2*-1;;;+4/p-2. The summed E-state index contributed by atoms with van der Waals surface area (Å²) in [5, 5.41) is 10.7. The number of rotatable bonds is 2. The van der Waals surface area contributed by atoms with Gasteiger partial charge in [-0.2, -0.15) is 22.7 Å². The fourth-order valence-corrected chi connectivity index (χ4v) is 7.10. The summed E-state index contributed by atoms with van der Waals surface area (Å²) < 4.78 is 0. The predicted octanol–water partition coefficient (Wildman–Crippen LogP) is 5.50. The molecule has 0 aliphatic heterocycles. The second-order valence-corrected chi connectivity index (χ2v) is 12.5. The molecule has 8 rings (SSSR count). The van der Waals surface area contributed by atoms with Crippen LogP contribution in [0.1, 0.15) is 9.75 Å². The van der Waals surface area contributed by atoms with Gasteiger partial charge in [0.1, 0.15) is 0 Å². The van der Waals surface area contributed by atoms with Gasteiger partial charge in [-0.3, -0.25) is 0 Å². The Morgan fingerprint density at radius 2 is 0.878 bits per heavy atom. The van der Waals surface area contributed by atoms with Crippen LogP contribution in [0.5, 0.6) is 0 Å². The van der Waals surface area contributed by atoms with Gasteiger partial charge in [-0.25, -0.2) is 0 Å². The Morgan fingerprint density at radius 1 is 0.463 bits per heavy atom. The summed E-state index contributed by atoms with van der Waals surface area (Å²) in [5.74, 6) is 0. The van der Waals surface area contributed by atoms with Gasteiger partial charge in [0.05, 0.1) is 0 Å². The Labute approximate surface area is 280 Å². The first kappa shape index (κ1) is 31.4. The van der Waals surface area contributed by atoms with Gasteiger partial charge in [0.15, 0.2) is 0 Å². The quantitative estimate of drug-likeness (QED) is 0.161. The number of hydrogen-bond acceptors (Lipinski definition) is 2. The third kappa shape index (κ3) is 6.16. The largest absolute Gasteiger partial charge is 4.00 e. The maximum atomic E-state index is 2.32. The molecule has 0 saturated carbocycles. The van der Waals surface area contributed by atoms with Crippen LogP contribution in [0.3, 0.4) is 0 Å². The molecule has 0 aliphatic carbocycles. The number of halogens is 2. The predicted molar refractivity (Wildman–Crippen MR) is 170 cm³/mol. The molecule has 0 unspecified atom stereocenters. The van der Waals surface area contributed by atoms with E-state index in [0.717, 1.165) is 0 Å². The third-order valence-corrected chi connectivity index (χ3v) is 9.38. The Morgan fingerprint density at radius 3 is 1.27 bits per heavy atom. The first-order valence-corrected chi connectivity index (χ1v) is 14.6. The van der Waals surface area contributed by atoms with Crippen molar-refractivity contribution >= 4 is 65.8 Å². The van der Waals surface area contributed by atoms with E-state index >= 15 is 0 Å². The normalized spacial score (nSPS) is 10.6. The average molecular weight is 772 g/mol. The maximum absolute atomic E-state index is 2.32. The van der Waals surface area contributed by atoms with Crippen LogP contribution in [0, 0.1) is 13.8 Å². The second kappa shape index (κ2) is 13.2. The summed E-state index contributed by atoms with van der Waals surface area (Å²) in [6.45, 7) is 4.32. The minimum Gasteiger partial charge on any atom is -1.00 e. The van der Waals surface area contributed by atoms with Crippen molar-refractivity contribution < 1.29 is 50.7 Å². The summed E-state index contributed by atoms with van der Waals surface area (Å²) in [6, 6.07) is 44.1. The van der Waals surface area contributed by atoms with Crippen molar-refractivity contribution in [2.45, 2.75) is 13.8 Å². The summed E-state index contributed by atoms with van der Waals surface area (Å²) in [4.78, 5) is 5.45. The van der Waals surface area contributed by atoms with E-state index in [1.807, 2.05) is 22.7 Å². The zero-order valence-electron chi connectivity index (χ0n) is 22.6. The summed E-state index contributed by atoms with van der Waals surface area (Å²) in [6.07, 6.45) is 0. The van der Waals surface area contributed by atoms with Crippen molar-refractivity contribution in [1.82, 2.24) is 0 Å². The van der Waals surface area contributed by atoms with E-state index in [2.05, 4.69) is 135 Å².